The highest BCUT2D eigenvalue weighted by Gasteiger charge is 2.29. The molecule has 2 aromatic carbocycles. The fourth-order valence-corrected chi connectivity index (χ4v) is 3.57. The van der Waals surface area contributed by atoms with Crippen molar-refractivity contribution >= 4 is 17.8 Å². The van der Waals surface area contributed by atoms with Crippen LogP contribution in [0.1, 0.15) is 48.5 Å². The Balaban J connectivity index is 1.72. The molecule has 206 valence electrons. The van der Waals surface area contributed by atoms with E-state index in [2.05, 4.69) is 10.3 Å². The van der Waals surface area contributed by atoms with Crippen LogP contribution in [-0.4, -0.2) is 48.9 Å². The number of aromatic nitrogens is 1. The summed E-state index contributed by atoms with van der Waals surface area (Å²) in [6.07, 6.45) is 0.0587. The molecule has 0 bridgehead atoms. The Morgan fingerprint density at radius 2 is 1.67 bits per heavy atom. The Morgan fingerprint density at radius 3 is 2.31 bits per heavy atom. The molecule has 1 heterocycles. The van der Waals surface area contributed by atoms with Gasteiger partial charge in [-0.05, 0) is 38.5 Å². The van der Waals surface area contributed by atoms with E-state index in [4.69, 9.17) is 23.7 Å². The van der Waals surface area contributed by atoms with Gasteiger partial charge in [0.15, 0.2) is 23.3 Å². The van der Waals surface area contributed by atoms with Crippen molar-refractivity contribution in [2.24, 2.45) is 0 Å². The summed E-state index contributed by atoms with van der Waals surface area (Å²) in [7, 11) is 1.39. The molecule has 0 radical (unpaired) electrons. The van der Waals surface area contributed by atoms with Gasteiger partial charge in [-0.3, -0.25) is 9.59 Å². The lowest BCUT2D eigenvalue weighted by Gasteiger charge is -2.27. The Morgan fingerprint density at radius 1 is 0.974 bits per heavy atom. The van der Waals surface area contributed by atoms with Gasteiger partial charge in [-0.25, -0.2) is 9.78 Å². The first kappa shape index (κ1) is 29.0. The molecule has 0 fully saturated rings. The molecule has 0 aliphatic carbocycles. The number of aryl methyl sites for hydroxylation is 1. The van der Waals surface area contributed by atoms with Crippen LogP contribution in [0.3, 0.4) is 0 Å². The van der Waals surface area contributed by atoms with E-state index < -0.39 is 42.9 Å². The lowest BCUT2D eigenvalue weighted by Crippen LogP contribution is -2.42. The zero-order valence-corrected chi connectivity index (χ0v) is 22.5. The molecule has 0 aliphatic rings. The summed E-state index contributed by atoms with van der Waals surface area (Å²) in [4.78, 5) is 41.1. The highest BCUT2D eigenvalue weighted by molar-refractivity contribution is 5.98. The predicted molar refractivity (Wildman–Crippen MR) is 142 cm³/mol. The third-order valence-corrected chi connectivity index (χ3v) is 5.61. The Bertz CT molecular complexity index is 1260. The van der Waals surface area contributed by atoms with Crippen molar-refractivity contribution in [3.8, 4) is 17.2 Å². The van der Waals surface area contributed by atoms with Crippen LogP contribution in [0.25, 0.3) is 0 Å². The zero-order valence-electron chi connectivity index (χ0n) is 22.5. The summed E-state index contributed by atoms with van der Waals surface area (Å²) in [6, 6.07) is 17.4. The van der Waals surface area contributed by atoms with Crippen molar-refractivity contribution in [1.29, 1.82) is 0 Å². The molecule has 3 aromatic rings. The third-order valence-electron chi connectivity index (χ3n) is 5.61. The molecule has 1 N–H and O–H groups in total. The Hall–Kier alpha value is -4.60. The fraction of sp³-hybridized carbons (Fsp3) is 0.310. The molecule has 10 nitrogen and oxygen atoms in total. The quantitative estimate of drug-likeness (QED) is 0.268. The number of amides is 1. The number of methoxy groups -OCH3 is 1. The number of ether oxygens (including phenoxy) is 5. The fourth-order valence-electron chi connectivity index (χ4n) is 3.57. The van der Waals surface area contributed by atoms with Gasteiger partial charge in [-0.1, -0.05) is 48.0 Å². The summed E-state index contributed by atoms with van der Waals surface area (Å²) in [5.74, 6) is -1.16. The van der Waals surface area contributed by atoms with E-state index in [0.717, 1.165) is 11.1 Å². The number of rotatable bonds is 12. The minimum absolute atomic E-state index is 0.0385. The third kappa shape index (κ3) is 8.19. The first-order valence-corrected chi connectivity index (χ1v) is 12.3. The molecule has 1 amide bonds. The number of esters is 2. The summed E-state index contributed by atoms with van der Waals surface area (Å²) in [6.45, 7) is 5.97. The summed E-state index contributed by atoms with van der Waals surface area (Å²) in [5, 5.41) is 2.57. The van der Waals surface area contributed by atoms with Crippen LogP contribution in [0, 0.1) is 6.92 Å². The zero-order chi connectivity index (χ0) is 28.4. The second-order valence-corrected chi connectivity index (χ2v) is 8.69. The van der Waals surface area contributed by atoms with Crippen molar-refractivity contribution < 1.29 is 38.1 Å². The van der Waals surface area contributed by atoms with Crippen molar-refractivity contribution in [3.05, 3.63) is 83.7 Å². The van der Waals surface area contributed by atoms with Gasteiger partial charge in [0.1, 0.15) is 17.9 Å². The molecule has 0 saturated heterocycles. The largest absolute Gasteiger partial charge is 0.493 e. The number of nitrogens with one attached hydrogen (secondary N) is 1. The minimum atomic E-state index is -1.04. The van der Waals surface area contributed by atoms with Crippen molar-refractivity contribution in [2.45, 2.75) is 45.9 Å². The van der Waals surface area contributed by atoms with Gasteiger partial charge in [0.05, 0.1) is 7.11 Å². The van der Waals surface area contributed by atoms with Crippen LogP contribution in [0.5, 0.6) is 17.2 Å². The van der Waals surface area contributed by atoms with Crippen molar-refractivity contribution in [2.75, 3.05) is 13.9 Å². The molecular formula is C29H32N2O8. The van der Waals surface area contributed by atoms with Crippen molar-refractivity contribution in [1.82, 2.24) is 10.3 Å². The van der Waals surface area contributed by atoms with Crippen LogP contribution in [0.15, 0.2) is 66.9 Å². The van der Waals surface area contributed by atoms with Gasteiger partial charge in [0, 0.05) is 19.2 Å². The number of hydrogen-bond acceptors (Lipinski definition) is 9. The standard InChI is InChI=1S/C29H32N2O8/c1-18-11-13-22(14-12-18)26(39-23-9-7-6-8-10-23)20(3)38-29(34)19(2)31-28(33)25-27(37-17-36-21(4)32)24(35-5)15-16-30-25/h6-16,19-20,26H,17H2,1-5H3,(H,31,33)/t19-,20-,26-/m0/s1. The molecule has 0 unspecified atom stereocenters. The molecule has 10 heteroatoms. The van der Waals surface area contributed by atoms with Crippen LogP contribution >= 0.6 is 0 Å². The normalized spacial score (nSPS) is 12.8. The Kier molecular flexibility index (Phi) is 10.3. The lowest BCUT2D eigenvalue weighted by atomic mass is 10.0. The minimum Gasteiger partial charge on any atom is -0.493 e. The molecule has 0 spiro atoms. The maximum Gasteiger partial charge on any atom is 0.328 e. The average molecular weight is 537 g/mol. The van der Waals surface area contributed by atoms with Gasteiger partial charge in [-0.15, -0.1) is 0 Å². The predicted octanol–water partition coefficient (Wildman–Crippen LogP) is 4.17. The van der Waals surface area contributed by atoms with Crippen LogP contribution < -0.4 is 19.5 Å². The van der Waals surface area contributed by atoms with Crippen LogP contribution in [-0.2, 0) is 19.1 Å². The van der Waals surface area contributed by atoms with Crippen LogP contribution in [0.2, 0.25) is 0 Å². The summed E-state index contributed by atoms with van der Waals surface area (Å²) < 4.78 is 27.4. The van der Waals surface area contributed by atoms with E-state index in [1.165, 1.54) is 33.2 Å². The van der Waals surface area contributed by atoms with E-state index in [1.54, 1.807) is 6.92 Å². The first-order valence-electron chi connectivity index (χ1n) is 12.3. The first-order chi connectivity index (χ1) is 18.7. The van der Waals surface area contributed by atoms with Gasteiger partial charge in [-0.2, -0.15) is 0 Å². The van der Waals surface area contributed by atoms with Gasteiger partial charge < -0.3 is 29.0 Å². The number of para-hydroxylation sites is 1. The Labute approximate surface area is 227 Å². The highest BCUT2D eigenvalue weighted by Crippen LogP contribution is 2.30. The summed E-state index contributed by atoms with van der Waals surface area (Å²) in [5.41, 5.74) is 1.76. The molecule has 39 heavy (non-hydrogen) atoms. The van der Waals surface area contributed by atoms with Gasteiger partial charge in [0.25, 0.3) is 5.91 Å². The molecule has 0 aliphatic heterocycles. The second kappa shape index (κ2) is 13.8. The maximum atomic E-state index is 13.0. The number of carbonyl (C=O) groups is 3. The van der Waals surface area contributed by atoms with Crippen molar-refractivity contribution in [3.63, 3.8) is 0 Å². The number of nitrogens with zero attached hydrogens (tertiary/aromatic N) is 1. The highest BCUT2D eigenvalue weighted by atomic mass is 16.7. The van der Waals surface area contributed by atoms with E-state index in [0.29, 0.717) is 5.75 Å². The van der Waals surface area contributed by atoms with Crippen LogP contribution in [0.4, 0.5) is 0 Å². The molecule has 0 saturated carbocycles. The van der Waals surface area contributed by atoms with E-state index in [-0.39, 0.29) is 17.2 Å². The molecule has 1 aromatic heterocycles. The van der Waals surface area contributed by atoms with Gasteiger partial charge in [0.2, 0.25) is 6.79 Å². The SMILES string of the molecule is COc1ccnc(C(=O)N[C@@H](C)C(=O)O[C@@H](C)[C@H](Oc2ccccc2)c2ccc(C)cc2)c1OCOC(C)=O. The lowest BCUT2D eigenvalue weighted by molar-refractivity contribution is -0.155. The molecule has 3 atom stereocenters. The topological polar surface area (TPSA) is 122 Å². The van der Waals surface area contributed by atoms with E-state index in [9.17, 15) is 14.4 Å². The second-order valence-electron chi connectivity index (χ2n) is 8.69. The number of pyridine rings is 1. The number of hydrogen-bond donors (Lipinski definition) is 1. The van der Waals surface area contributed by atoms with E-state index in [1.807, 2.05) is 61.5 Å². The summed E-state index contributed by atoms with van der Waals surface area (Å²) >= 11 is 0. The maximum absolute atomic E-state index is 13.0. The van der Waals surface area contributed by atoms with E-state index >= 15 is 0 Å². The smallest absolute Gasteiger partial charge is 0.328 e. The molecule has 3 rings (SSSR count). The van der Waals surface area contributed by atoms with Gasteiger partial charge >= 0.3 is 11.9 Å². The number of carbonyl (C=O) groups excluding carboxylic acids is 3. The molecular weight excluding hydrogens is 504 g/mol. The number of benzene rings is 2. The average Bonchev–Trinajstić information content (AvgIpc) is 2.92. The monoisotopic (exact) mass is 536 g/mol.